The molecular weight excluding hydrogens is 230 g/mol. The maximum absolute atomic E-state index is 11.8. The number of hydrogen-bond donors (Lipinski definition) is 1. The Morgan fingerprint density at radius 1 is 1.33 bits per heavy atom. The van der Waals surface area contributed by atoms with E-state index in [1.165, 1.54) is 0 Å². The lowest BCUT2D eigenvalue weighted by molar-refractivity contribution is 0.598. The molecule has 0 aliphatic rings. The first-order chi connectivity index (χ1) is 7.08. The topological polar surface area (TPSA) is 60.2 Å². The van der Waals surface area contributed by atoms with Crippen molar-refractivity contribution >= 4 is 27.3 Å². The summed E-state index contributed by atoms with van der Waals surface area (Å²) in [4.78, 5) is 0.252. The molecule has 0 amide bonds. The Balaban J connectivity index is 2.83. The zero-order chi connectivity index (χ0) is 11.3. The van der Waals surface area contributed by atoms with E-state index in [4.69, 9.17) is 5.73 Å². The minimum absolute atomic E-state index is 0.152. The molecule has 0 aliphatic heterocycles. The number of rotatable bonds is 5. The zero-order valence-corrected chi connectivity index (χ0v) is 10.3. The molecule has 3 nitrogen and oxygen atoms in total. The number of nitrogens with two attached hydrogens (primary N) is 1. The van der Waals surface area contributed by atoms with E-state index in [-0.39, 0.29) is 10.6 Å². The highest BCUT2D eigenvalue weighted by Crippen LogP contribution is 2.19. The van der Waals surface area contributed by atoms with Gasteiger partial charge in [-0.25, -0.2) is 8.42 Å². The van der Waals surface area contributed by atoms with Crippen molar-refractivity contribution in [2.24, 2.45) is 0 Å². The summed E-state index contributed by atoms with van der Waals surface area (Å²) in [6, 6.07) is 6.59. The zero-order valence-electron chi connectivity index (χ0n) is 8.64. The van der Waals surface area contributed by atoms with Crippen LogP contribution in [0.1, 0.15) is 6.92 Å². The van der Waals surface area contributed by atoms with Gasteiger partial charge in [-0.1, -0.05) is 19.1 Å². The lowest BCUT2D eigenvalue weighted by Crippen LogP contribution is -2.11. The van der Waals surface area contributed by atoms with Gasteiger partial charge in [0.05, 0.1) is 16.3 Å². The van der Waals surface area contributed by atoms with E-state index >= 15 is 0 Å². The standard InChI is InChI=1S/C10H15NO2S2/c1-2-14-7-8-15(12,13)10-6-4-3-5-9(10)11/h3-6H,2,7-8,11H2,1H3. The summed E-state index contributed by atoms with van der Waals surface area (Å²) in [5.74, 6) is 1.70. The Morgan fingerprint density at radius 3 is 2.60 bits per heavy atom. The van der Waals surface area contributed by atoms with Gasteiger partial charge in [0.25, 0.3) is 0 Å². The Hall–Kier alpha value is -0.680. The maximum Gasteiger partial charge on any atom is 0.181 e. The second-order valence-corrected chi connectivity index (χ2v) is 6.53. The number of anilines is 1. The van der Waals surface area contributed by atoms with E-state index in [2.05, 4.69) is 0 Å². The van der Waals surface area contributed by atoms with E-state index in [1.54, 1.807) is 36.0 Å². The van der Waals surface area contributed by atoms with E-state index in [1.807, 2.05) is 6.92 Å². The smallest absolute Gasteiger partial charge is 0.181 e. The Kier molecular flexibility index (Phi) is 4.47. The normalized spacial score (nSPS) is 11.5. The molecule has 0 atom stereocenters. The Bertz CT molecular complexity index is 415. The van der Waals surface area contributed by atoms with Crippen molar-refractivity contribution in [3.63, 3.8) is 0 Å². The van der Waals surface area contributed by atoms with Crippen LogP contribution in [0.3, 0.4) is 0 Å². The third kappa shape index (κ3) is 3.43. The van der Waals surface area contributed by atoms with Gasteiger partial charge in [-0.05, 0) is 17.9 Å². The van der Waals surface area contributed by atoms with Gasteiger partial charge in [0.2, 0.25) is 0 Å². The van der Waals surface area contributed by atoms with Gasteiger partial charge in [-0.3, -0.25) is 0 Å². The van der Waals surface area contributed by atoms with Crippen molar-refractivity contribution in [1.82, 2.24) is 0 Å². The predicted molar refractivity (Wildman–Crippen MR) is 65.9 cm³/mol. The van der Waals surface area contributed by atoms with Gasteiger partial charge in [-0.15, -0.1) is 0 Å². The fourth-order valence-electron chi connectivity index (χ4n) is 1.19. The minimum atomic E-state index is -3.21. The van der Waals surface area contributed by atoms with E-state index < -0.39 is 9.84 Å². The van der Waals surface area contributed by atoms with E-state index in [0.29, 0.717) is 11.4 Å². The van der Waals surface area contributed by atoms with Gasteiger partial charge in [0.1, 0.15) is 0 Å². The molecule has 84 valence electrons. The highest BCUT2D eigenvalue weighted by Gasteiger charge is 2.16. The van der Waals surface area contributed by atoms with Crippen LogP contribution in [0, 0.1) is 0 Å². The molecule has 1 aromatic carbocycles. The van der Waals surface area contributed by atoms with Crippen LogP contribution in [-0.2, 0) is 9.84 Å². The average Bonchev–Trinajstić information content (AvgIpc) is 2.18. The summed E-state index contributed by atoms with van der Waals surface area (Å²) in [5, 5.41) is 0. The number of para-hydroxylation sites is 1. The van der Waals surface area contributed by atoms with Crippen molar-refractivity contribution < 1.29 is 8.42 Å². The van der Waals surface area contributed by atoms with Crippen LogP contribution in [0.2, 0.25) is 0 Å². The largest absolute Gasteiger partial charge is 0.398 e. The molecule has 0 fully saturated rings. The van der Waals surface area contributed by atoms with Crippen LogP contribution in [-0.4, -0.2) is 25.7 Å². The van der Waals surface area contributed by atoms with Crippen molar-refractivity contribution in [3.8, 4) is 0 Å². The summed E-state index contributed by atoms with van der Waals surface area (Å²) in [5.41, 5.74) is 5.96. The molecule has 0 saturated heterocycles. The molecule has 15 heavy (non-hydrogen) atoms. The molecule has 2 N–H and O–H groups in total. The molecule has 0 radical (unpaired) electrons. The highest BCUT2D eigenvalue weighted by atomic mass is 32.2. The summed E-state index contributed by atoms with van der Waals surface area (Å²) in [7, 11) is -3.21. The first kappa shape index (κ1) is 12.4. The molecule has 1 rings (SSSR count). The number of thioether (sulfide) groups is 1. The fraction of sp³-hybridized carbons (Fsp3) is 0.400. The molecule has 0 unspecified atom stereocenters. The van der Waals surface area contributed by atoms with Crippen LogP contribution in [0.15, 0.2) is 29.2 Å². The van der Waals surface area contributed by atoms with E-state index in [0.717, 1.165) is 5.75 Å². The molecule has 0 saturated carbocycles. The lowest BCUT2D eigenvalue weighted by atomic mass is 10.3. The first-order valence-corrected chi connectivity index (χ1v) is 7.53. The molecule has 0 bridgehead atoms. The minimum Gasteiger partial charge on any atom is -0.398 e. The third-order valence-corrected chi connectivity index (χ3v) is 4.90. The molecule has 0 aliphatic carbocycles. The summed E-state index contributed by atoms with van der Waals surface area (Å²) >= 11 is 1.62. The van der Waals surface area contributed by atoms with Crippen molar-refractivity contribution in [2.75, 3.05) is 23.0 Å². The van der Waals surface area contributed by atoms with Crippen molar-refractivity contribution in [3.05, 3.63) is 24.3 Å². The SMILES string of the molecule is CCSCCS(=O)(=O)c1ccccc1N. The molecular formula is C10H15NO2S2. The van der Waals surface area contributed by atoms with Crippen LogP contribution >= 0.6 is 11.8 Å². The number of hydrogen-bond acceptors (Lipinski definition) is 4. The fourth-order valence-corrected chi connectivity index (χ4v) is 3.76. The van der Waals surface area contributed by atoms with Gasteiger partial charge >= 0.3 is 0 Å². The molecule has 1 aromatic rings. The molecule has 5 heteroatoms. The summed E-state index contributed by atoms with van der Waals surface area (Å²) < 4.78 is 23.7. The van der Waals surface area contributed by atoms with Crippen molar-refractivity contribution in [1.29, 1.82) is 0 Å². The maximum atomic E-state index is 11.8. The third-order valence-electron chi connectivity index (χ3n) is 1.95. The summed E-state index contributed by atoms with van der Waals surface area (Å²) in [6.45, 7) is 2.01. The number of benzene rings is 1. The monoisotopic (exact) mass is 245 g/mol. The first-order valence-electron chi connectivity index (χ1n) is 4.73. The van der Waals surface area contributed by atoms with Crippen LogP contribution in [0.5, 0.6) is 0 Å². The highest BCUT2D eigenvalue weighted by molar-refractivity contribution is 8.00. The van der Waals surface area contributed by atoms with Crippen molar-refractivity contribution in [2.45, 2.75) is 11.8 Å². The molecule has 0 aromatic heterocycles. The van der Waals surface area contributed by atoms with Crippen LogP contribution in [0.25, 0.3) is 0 Å². The second kappa shape index (κ2) is 5.42. The molecule has 0 heterocycles. The van der Waals surface area contributed by atoms with E-state index in [9.17, 15) is 8.42 Å². The van der Waals surface area contributed by atoms with Crippen LogP contribution < -0.4 is 5.73 Å². The second-order valence-electron chi connectivity index (χ2n) is 3.05. The molecule has 0 spiro atoms. The van der Waals surface area contributed by atoms with Crippen LogP contribution in [0.4, 0.5) is 5.69 Å². The number of nitrogen functional groups attached to an aromatic ring is 1. The van der Waals surface area contributed by atoms with Gasteiger partial charge in [0.15, 0.2) is 9.84 Å². The van der Waals surface area contributed by atoms with Gasteiger partial charge in [-0.2, -0.15) is 11.8 Å². The quantitative estimate of drug-likeness (QED) is 0.634. The van der Waals surface area contributed by atoms with Gasteiger partial charge < -0.3 is 5.73 Å². The summed E-state index contributed by atoms with van der Waals surface area (Å²) in [6.07, 6.45) is 0. The Labute approximate surface area is 95.0 Å². The lowest BCUT2D eigenvalue weighted by Gasteiger charge is -2.06. The Morgan fingerprint density at radius 2 is 2.00 bits per heavy atom. The van der Waals surface area contributed by atoms with Gasteiger partial charge in [0, 0.05) is 5.75 Å². The average molecular weight is 245 g/mol. The number of sulfone groups is 1. The predicted octanol–water partition coefficient (Wildman–Crippen LogP) is 1.80.